The second-order valence-corrected chi connectivity index (χ2v) is 8.14. The lowest BCUT2D eigenvalue weighted by molar-refractivity contribution is -0.141. The van der Waals surface area contributed by atoms with Crippen LogP contribution in [0.25, 0.3) is 0 Å². The van der Waals surface area contributed by atoms with Gasteiger partial charge >= 0.3 is 0 Å². The van der Waals surface area contributed by atoms with Crippen LogP contribution in [0.15, 0.2) is 24.3 Å². The Morgan fingerprint density at radius 3 is 2.69 bits per heavy atom. The average Bonchev–Trinajstić information content (AvgIpc) is 3.04. The Bertz CT molecular complexity index is 770. The fraction of sp³-hybridized carbons (Fsp3) is 0.571. The second-order valence-electron chi connectivity index (χ2n) is 8.14. The molecule has 158 valence electrons. The fourth-order valence-corrected chi connectivity index (χ4v) is 3.73. The van der Waals surface area contributed by atoms with E-state index in [-0.39, 0.29) is 55.6 Å². The third kappa shape index (κ3) is 5.53. The zero-order valence-corrected chi connectivity index (χ0v) is 16.9. The first-order valence-corrected chi connectivity index (χ1v) is 10.0. The third-order valence-corrected chi connectivity index (χ3v) is 5.18. The highest BCUT2D eigenvalue weighted by Crippen LogP contribution is 2.18. The predicted octanol–water partition coefficient (Wildman–Crippen LogP) is 1.17. The Hall–Kier alpha value is -2.48. The van der Waals surface area contributed by atoms with Gasteiger partial charge in [-0.1, -0.05) is 32.0 Å². The Labute approximate surface area is 170 Å². The van der Waals surface area contributed by atoms with Crippen molar-refractivity contribution in [1.29, 1.82) is 0 Å². The van der Waals surface area contributed by atoms with Crippen LogP contribution in [0.1, 0.15) is 25.8 Å². The summed E-state index contributed by atoms with van der Waals surface area (Å²) in [6, 6.07) is 6.39. The zero-order chi connectivity index (χ0) is 21.0. The molecule has 2 aliphatic rings. The van der Waals surface area contributed by atoms with Gasteiger partial charge in [0.15, 0.2) is 0 Å². The quantitative estimate of drug-likeness (QED) is 0.771. The van der Waals surface area contributed by atoms with E-state index in [1.165, 1.54) is 11.0 Å². The van der Waals surface area contributed by atoms with Crippen molar-refractivity contribution >= 4 is 17.7 Å². The first-order chi connectivity index (χ1) is 13.8. The highest BCUT2D eigenvalue weighted by molar-refractivity contribution is 5.91. The molecule has 2 saturated heterocycles. The van der Waals surface area contributed by atoms with Crippen molar-refractivity contribution < 1.29 is 23.5 Å². The molecule has 2 atom stereocenters. The number of carbonyl (C=O) groups is 3. The largest absolute Gasteiger partial charge is 0.370 e. The number of benzene rings is 1. The molecule has 0 aromatic heterocycles. The van der Waals surface area contributed by atoms with Gasteiger partial charge in [0, 0.05) is 38.2 Å². The van der Waals surface area contributed by atoms with E-state index in [2.05, 4.69) is 5.32 Å². The Balaban J connectivity index is 1.73. The number of hydrogen-bond donors (Lipinski definition) is 1. The Kier molecular flexibility index (Phi) is 6.84. The Morgan fingerprint density at radius 1 is 1.28 bits per heavy atom. The summed E-state index contributed by atoms with van der Waals surface area (Å²) in [4.78, 5) is 40.3. The molecule has 7 nitrogen and oxygen atoms in total. The molecule has 2 fully saturated rings. The van der Waals surface area contributed by atoms with Crippen molar-refractivity contribution in [1.82, 2.24) is 15.1 Å². The molecule has 0 unspecified atom stereocenters. The normalized spacial score (nSPS) is 22.8. The summed E-state index contributed by atoms with van der Waals surface area (Å²) in [6.07, 6.45) is -0.297. The fourth-order valence-electron chi connectivity index (χ4n) is 3.73. The van der Waals surface area contributed by atoms with Crippen LogP contribution < -0.4 is 5.32 Å². The van der Waals surface area contributed by atoms with Crippen LogP contribution in [0.3, 0.4) is 0 Å². The minimum Gasteiger partial charge on any atom is -0.370 e. The molecule has 0 radical (unpaired) electrons. The van der Waals surface area contributed by atoms with E-state index in [1.807, 2.05) is 13.8 Å². The number of amides is 3. The summed E-state index contributed by atoms with van der Waals surface area (Å²) >= 11 is 0. The maximum atomic E-state index is 13.9. The first-order valence-electron chi connectivity index (χ1n) is 10.0. The summed E-state index contributed by atoms with van der Waals surface area (Å²) in [5, 5.41) is 2.66. The van der Waals surface area contributed by atoms with Gasteiger partial charge in [-0.3, -0.25) is 14.4 Å². The standard InChI is InChI=1S/C21H28FN3O4/c1-14(2)9-24-10-17(29-13-15-5-3-4-6-18(15)22)11-25(12-20(24)27)21(28)16-7-19(26)23-8-16/h3-6,14,16-17H,7-13H2,1-2H3,(H,23,26)/t16-,17-/m0/s1. The smallest absolute Gasteiger partial charge is 0.242 e. The van der Waals surface area contributed by atoms with Crippen molar-refractivity contribution in [3.63, 3.8) is 0 Å². The van der Waals surface area contributed by atoms with Gasteiger partial charge in [0.2, 0.25) is 17.7 Å². The number of hydrogen-bond acceptors (Lipinski definition) is 4. The third-order valence-electron chi connectivity index (χ3n) is 5.18. The molecular weight excluding hydrogens is 377 g/mol. The number of nitrogens with zero attached hydrogens (tertiary/aromatic N) is 2. The Morgan fingerprint density at radius 2 is 2.03 bits per heavy atom. The molecule has 29 heavy (non-hydrogen) atoms. The van der Waals surface area contributed by atoms with Crippen LogP contribution in [0, 0.1) is 17.7 Å². The molecule has 1 N–H and O–H groups in total. The number of carbonyl (C=O) groups excluding carboxylic acids is 3. The van der Waals surface area contributed by atoms with Crippen LogP contribution in [-0.4, -0.2) is 66.3 Å². The van der Waals surface area contributed by atoms with Crippen LogP contribution in [0.4, 0.5) is 4.39 Å². The summed E-state index contributed by atoms with van der Waals surface area (Å²) in [6.45, 7) is 5.50. The topological polar surface area (TPSA) is 79.0 Å². The molecular formula is C21H28FN3O4. The van der Waals surface area contributed by atoms with E-state index in [0.717, 1.165) is 0 Å². The summed E-state index contributed by atoms with van der Waals surface area (Å²) in [5.41, 5.74) is 0.432. The van der Waals surface area contributed by atoms with Gasteiger partial charge in [-0.25, -0.2) is 4.39 Å². The zero-order valence-electron chi connectivity index (χ0n) is 16.9. The number of ether oxygens (including phenoxy) is 1. The summed E-state index contributed by atoms with van der Waals surface area (Å²) < 4.78 is 19.9. The molecule has 0 saturated carbocycles. The summed E-state index contributed by atoms with van der Waals surface area (Å²) in [5.74, 6) is -1.05. The lowest BCUT2D eigenvalue weighted by atomic mass is 10.1. The van der Waals surface area contributed by atoms with Gasteiger partial charge in [0.25, 0.3) is 0 Å². The molecule has 1 aromatic carbocycles. The van der Waals surface area contributed by atoms with Crippen molar-refractivity contribution in [2.75, 3.05) is 32.7 Å². The highest BCUT2D eigenvalue weighted by Gasteiger charge is 2.36. The maximum absolute atomic E-state index is 13.9. The molecule has 0 spiro atoms. The molecule has 2 aliphatic heterocycles. The van der Waals surface area contributed by atoms with Gasteiger partial charge in [-0.05, 0) is 12.0 Å². The molecule has 8 heteroatoms. The van der Waals surface area contributed by atoms with Crippen LogP contribution in [0.2, 0.25) is 0 Å². The number of nitrogens with one attached hydrogen (secondary N) is 1. The van der Waals surface area contributed by atoms with E-state index in [9.17, 15) is 18.8 Å². The van der Waals surface area contributed by atoms with Gasteiger partial charge < -0.3 is 19.9 Å². The minimum atomic E-state index is -0.459. The predicted molar refractivity (Wildman–Crippen MR) is 104 cm³/mol. The monoisotopic (exact) mass is 405 g/mol. The average molecular weight is 405 g/mol. The van der Waals surface area contributed by atoms with Crippen LogP contribution >= 0.6 is 0 Å². The molecule has 3 amide bonds. The van der Waals surface area contributed by atoms with Crippen molar-refractivity contribution in [2.24, 2.45) is 11.8 Å². The van der Waals surface area contributed by atoms with Gasteiger partial charge in [0.05, 0.1) is 25.2 Å². The first kappa shape index (κ1) is 21.2. The van der Waals surface area contributed by atoms with Gasteiger partial charge in [-0.2, -0.15) is 0 Å². The van der Waals surface area contributed by atoms with Crippen molar-refractivity contribution in [2.45, 2.75) is 33.0 Å². The highest BCUT2D eigenvalue weighted by atomic mass is 19.1. The lowest BCUT2D eigenvalue weighted by Crippen LogP contribution is -2.43. The van der Waals surface area contributed by atoms with Gasteiger partial charge in [-0.15, -0.1) is 0 Å². The molecule has 2 heterocycles. The number of rotatable bonds is 6. The van der Waals surface area contributed by atoms with E-state index in [0.29, 0.717) is 25.2 Å². The summed E-state index contributed by atoms with van der Waals surface area (Å²) in [7, 11) is 0. The van der Waals surface area contributed by atoms with E-state index in [1.54, 1.807) is 23.1 Å². The van der Waals surface area contributed by atoms with E-state index >= 15 is 0 Å². The maximum Gasteiger partial charge on any atom is 0.242 e. The molecule has 1 aromatic rings. The van der Waals surface area contributed by atoms with Gasteiger partial charge in [0.1, 0.15) is 5.82 Å². The van der Waals surface area contributed by atoms with E-state index < -0.39 is 12.0 Å². The van der Waals surface area contributed by atoms with Crippen molar-refractivity contribution in [3.8, 4) is 0 Å². The second kappa shape index (κ2) is 9.35. The SMILES string of the molecule is CC(C)CN1C[C@H](OCc2ccccc2F)CN(C(=O)[C@@H]2CNC(=O)C2)CC1=O. The minimum absolute atomic E-state index is 0.0319. The molecule has 0 bridgehead atoms. The number of halogens is 1. The van der Waals surface area contributed by atoms with Crippen LogP contribution in [0.5, 0.6) is 0 Å². The van der Waals surface area contributed by atoms with Crippen LogP contribution in [-0.2, 0) is 25.7 Å². The lowest BCUT2D eigenvalue weighted by Gasteiger charge is -2.26. The molecule has 0 aliphatic carbocycles. The molecule has 3 rings (SSSR count). The van der Waals surface area contributed by atoms with Crippen molar-refractivity contribution in [3.05, 3.63) is 35.6 Å². The van der Waals surface area contributed by atoms with E-state index in [4.69, 9.17) is 4.74 Å².